The van der Waals surface area contributed by atoms with E-state index in [1.165, 1.54) is 0 Å². The normalized spacial score (nSPS) is 13.2. The molecule has 0 aromatic carbocycles. The molecule has 0 saturated heterocycles. The number of hydrogen-bond acceptors (Lipinski definition) is 6. The fraction of sp³-hybridized carbons (Fsp3) is 0.562. The maximum atomic E-state index is 4.74. The van der Waals surface area contributed by atoms with Gasteiger partial charge in [-0.1, -0.05) is 27.7 Å². The molecule has 0 bridgehead atoms. The van der Waals surface area contributed by atoms with Gasteiger partial charge in [0.05, 0.1) is 17.6 Å². The van der Waals surface area contributed by atoms with Gasteiger partial charge >= 0.3 is 0 Å². The number of hydrogen-bond donors (Lipinski definition) is 1. The Kier molecular flexibility index (Phi) is 4.21. The second kappa shape index (κ2) is 6.18. The molecule has 0 aliphatic rings. The predicted molar refractivity (Wildman–Crippen MR) is 92.6 cm³/mol. The Hall–Kier alpha value is -2.51. The minimum atomic E-state index is -0.00387. The topological polar surface area (TPSA) is 86.3 Å². The Morgan fingerprint density at radius 1 is 1.00 bits per heavy atom. The smallest absolute Gasteiger partial charge is 0.163 e. The summed E-state index contributed by atoms with van der Waals surface area (Å²) in [4.78, 5) is 13.8. The molecule has 1 N–H and O–H groups in total. The SMILES string of the molecule is CC(C)c1nc(N[C@H](c2ncnn2C)C(C)C)c2cnn(C)c2n1. The number of rotatable bonds is 5. The molecule has 0 saturated carbocycles. The molecule has 0 amide bonds. The van der Waals surface area contributed by atoms with Crippen molar-refractivity contribution in [3.05, 3.63) is 24.2 Å². The van der Waals surface area contributed by atoms with E-state index >= 15 is 0 Å². The number of nitrogens with zero attached hydrogens (tertiary/aromatic N) is 7. The van der Waals surface area contributed by atoms with E-state index < -0.39 is 0 Å². The first kappa shape index (κ1) is 16.4. The van der Waals surface area contributed by atoms with E-state index in [4.69, 9.17) is 4.98 Å². The lowest BCUT2D eigenvalue weighted by Gasteiger charge is -2.22. The van der Waals surface area contributed by atoms with Gasteiger partial charge in [0.15, 0.2) is 5.65 Å². The standard InChI is InChI=1S/C16H24N8/c1-9(2)12(16-17-8-19-24(16)6)20-14-11-7-18-23(5)15(11)22-13(21-14)10(3)4/h7-10,12H,1-6H3,(H,20,21,22)/t12-/m0/s1. The van der Waals surface area contributed by atoms with Crippen LogP contribution in [0.25, 0.3) is 11.0 Å². The Labute approximate surface area is 141 Å². The Morgan fingerprint density at radius 2 is 1.75 bits per heavy atom. The molecule has 3 rings (SSSR count). The predicted octanol–water partition coefficient (Wildman–Crippen LogP) is 2.42. The van der Waals surface area contributed by atoms with Crippen molar-refractivity contribution in [2.45, 2.75) is 39.7 Å². The van der Waals surface area contributed by atoms with Crippen LogP contribution in [0.4, 0.5) is 5.82 Å². The van der Waals surface area contributed by atoms with Gasteiger partial charge in [0.2, 0.25) is 0 Å². The summed E-state index contributed by atoms with van der Waals surface area (Å²) in [7, 11) is 3.80. The number of anilines is 1. The number of fused-ring (bicyclic) bond motifs is 1. The van der Waals surface area contributed by atoms with E-state index in [-0.39, 0.29) is 12.0 Å². The van der Waals surface area contributed by atoms with Gasteiger partial charge < -0.3 is 5.32 Å². The molecule has 0 aliphatic carbocycles. The van der Waals surface area contributed by atoms with E-state index in [0.29, 0.717) is 5.92 Å². The van der Waals surface area contributed by atoms with Crippen LogP contribution in [0.3, 0.4) is 0 Å². The summed E-state index contributed by atoms with van der Waals surface area (Å²) in [6, 6.07) is -0.00387. The largest absolute Gasteiger partial charge is 0.359 e. The molecule has 3 aromatic heterocycles. The first-order chi connectivity index (χ1) is 11.4. The second-order valence-corrected chi connectivity index (χ2v) is 6.70. The fourth-order valence-corrected chi connectivity index (χ4v) is 2.67. The zero-order valence-electron chi connectivity index (χ0n) is 15.0. The lowest BCUT2D eigenvalue weighted by Crippen LogP contribution is -2.22. The monoisotopic (exact) mass is 328 g/mol. The molecule has 8 heteroatoms. The number of nitrogens with one attached hydrogen (secondary N) is 1. The molecule has 0 aliphatic heterocycles. The third-order valence-corrected chi connectivity index (χ3v) is 4.11. The number of aromatic nitrogens is 7. The molecule has 0 unspecified atom stereocenters. The van der Waals surface area contributed by atoms with Gasteiger partial charge in [-0.2, -0.15) is 10.2 Å². The first-order valence-corrected chi connectivity index (χ1v) is 8.18. The quantitative estimate of drug-likeness (QED) is 0.774. The van der Waals surface area contributed by atoms with Crippen molar-refractivity contribution in [1.29, 1.82) is 0 Å². The molecule has 128 valence electrons. The average molecular weight is 328 g/mol. The molecule has 3 heterocycles. The summed E-state index contributed by atoms with van der Waals surface area (Å²) in [6.07, 6.45) is 3.38. The third kappa shape index (κ3) is 2.83. The van der Waals surface area contributed by atoms with E-state index in [1.807, 2.05) is 14.1 Å². The van der Waals surface area contributed by atoms with E-state index in [0.717, 1.165) is 28.5 Å². The Bertz CT molecular complexity index is 845. The molecular weight excluding hydrogens is 304 g/mol. The van der Waals surface area contributed by atoms with Crippen LogP contribution in [-0.4, -0.2) is 34.5 Å². The van der Waals surface area contributed by atoms with Crippen molar-refractivity contribution < 1.29 is 0 Å². The van der Waals surface area contributed by atoms with Crippen molar-refractivity contribution >= 4 is 16.9 Å². The van der Waals surface area contributed by atoms with Crippen molar-refractivity contribution in [2.24, 2.45) is 20.0 Å². The van der Waals surface area contributed by atoms with Gasteiger partial charge in [-0.3, -0.25) is 9.36 Å². The highest BCUT2D eigenvalue weighted by atomic mass is 15.3. The van der Waals surface area contributed by atoms with E-state index in [9.17, 15) is 0 Å². The van der Waals surface area contributed by atoms with Crippen molar-refractivity contribution in [1.82, 2.24) is 34.5 Å². The molecule has 0 radical (unpaired) electrons. The maximum Gasteiger partial charge on any atom is 0.163 e. The van der Waals surface area contributed by atoms with Crippen LogP contribution in [0, 0.1) is 5.92 Å². The van der Waals surface area contributed by atoms with E-state index in [2.05, 4.69) is 53.2 Å². The van der Waals surface area contributed by atoms with Crippen molar-refractivity contribution in [3.63, 3.8) is 0 Å². The van der Waals surface area contributed by atoms with Gasteiger partial charge in [-0.25, -0.2) is 15.0 Å². The molecule has 0 spiro atoms. The van der Waals surface area contributed by atoms with Crippen LogP contribution in [0.1, 0.15) is 51.3 Å². The molecule has 1 atom stereocenters. The Balaban J connectivity index is 2.09. The van der Waals surface area contributed by atoms with Gasteiger partial charge in [-0.05, 0) is 5.92 Å². The van der Waals surface area contributed by atoms with Crippen molar-refractivity contribution in [2.75, 3.05) is 5.32 Å². The summed E-state index contributed by atoms with van der Waals surface area (Å²) >= 11 is 0. The second-order valence-electron chi connectivity index (χ2n) is 6.70. The van der Waals surface area contributed by atoms with Crippen molar-refractivity contribution in [3.8, 4) is 0 Å². The van der Waals surface area contributed by atoms with E-state index in [1.54, 1.807) is 21.9 Å². The highest BCUT2D eigenvalue weighted by molar-refractivity contribution is 5.86. The summed E-state index contributed by atoms with van der Waals surface area (Å²) in [5.74, 6) is 3.02. The zero-order chi connectivity index (χ0) is 17.4. The van der Waals surface area contributed by atoms with Crippen LogP contribution in [-0.2, 0) is 14.1 Å². The average Bonchev–Trinajstić information content (AvgIpc) is 3.11. The lowest BCUT2D eigenvalue weighted by molar-refractivity contribution is 0.496. The van der Waals surface area contributed by atoms with Gasteiger partial charge in [0.1, 0.15) is 23.8 Å². The van der Waals surface area contributed by atoms with Gasteiger partial charge in [-0.15, -0.1) is 0 Å². The molecule has 3 aromatic rings. The highest BCUT2D eigenvalue weighted by Crippen LogP contribution is 2.29. The summed E-state index contributed by atoms with van der Waals surface area (Å²) in [5, 5.41) is 13.0. The first-order valence-electron chi connectivity index (χ1n) is 8.18. The van der Waals surface area contributed by atoms with Gasteiger partial charge in [0.25, 0.3) is 0 Å². The molecule has 24 heavy (non-hydrogen) atoms. The molecule has 0 fully saturated rings. The highest BCUT2D eigenvalue weighted by Gasteiger charge is 2.23. The van der Waals surface area contributed by atoms with Crippen LogP contribution >= 0.6 is 0 Å². The van der Waals surface area contributed by atoms with Crippen LogP contribution in [0.15, 0.2) is 12.5 Å². The third-order valence-electron chi connectivity index (χ3n) is 4.11. The van der Waals surface area contributed by atoms with Crippen LogP contribution in [0.5, 0.6) is 0 Å². The minimum Gasteiger partial charge on any atom is -0.359 e. The van der Waals surface area contributed by atoms with Crippen LogP contribution < -0.4 is 5.32 Å². The number of aryl methyl sites for hydroxylation is 2. The summed E-state index contributed by atoms with van der Waals surface area (Å²) < 4.78 is 3.57. The van der Waals surface area contributed by atoms with Gasteiger partial charge in [0, 0.05) is 20.0 Å². The lowest BCUT2D eigenvalue weighted by atomic mass is 10.0. The Morgan fingerprint density at radius 3 is 2.33 bits per heavy atom. The fourth-order valence-electron chi connectivity index (χ4n) is 2.67. The molecule has 8 nitrogen and oxygen atoms in total. The molecular formula is C16H24N8. The summed E-state index contributed by atoms with van der Waals surface area (Å²) in [5.41, 5.74) is 0.830. The maximum absolute atomic E-state index is 4.74. The summed E-state index contributed by atoms with van der Waals surface area (Å²) in [6.45, 7) is 8.47. The van der Waals surface area contributed by atoms with Crippen LogP contribution in [0.2, 0.25) is 0 Å². The zero-order valence-corrected chi connectivity index (χ0v) is 15.0. The minimum absolute atomic E-state index is 0.00387.